The number of nitrogens with two attached hydrogens (primary N) is 2. The first-order valence-electron chi connectivity index (χ1n) is 4.78. The Morgan fingerprint density at radius 2 is 2.07 bits per heavy atom. The first-order chi connectivity index (χ1) is 7.17. The minimum absolute atomic E-state index is 0.0758. The van der Waals surface area contributed by atoms with Crippen molar-refractivity contribution in [3.8, 4) is 0 Å². The lowest BCUT2D eigenvalue weighted by Crippen LogP contribution is -2.02. The van der Waals surface area contributed by atoms with Gasteiger partial charge in [-0.2, -0.15) is 0 Å². The highest BCUT2D eigenvalue weighted by Crippen LogP contribution is 1.98. The molecule has 0 saturated carbocycles. The molecule has 0 saturated heterocycles. The SMILES string of the molecule is C\C=C(CN)/N=C(C)\C=C/C(=C\N)CO. The molecule has 0 aromatic carbocycles. The summed E-state index contributed by atoms with van der Waals surface area (Å²) in [6, 6.07) is 0. The standard InChI is InChI=1S/C11H19N3O/c1-3-11(7-13)14-9(2)4-5-10(6-12)8-15/h3-6,15H,7-8,12-13H2,1-2H3/b5-4-,10-6+,11-3-,14-9-. The van der Waals surface area contributed by atoms with Crippen molar-refractivity contribution < 1.29 is 5.11 Å². The van der Waals surface area contributed by atoms with E-state index in [2.05, 4.69) is 4.99 Å². The molecule has 0 aliphatic rings. The van der Waals surface area contributed by atoms with Crippen LogP contribution in [0.5, 0.6) is 0 Å². The molecule has 0 bridgehead atoms. The minimum atomic E-state index is -0.0758. The number of hydrogen-bond donors (Lipinski definition) is 3. The van der Waals surface area contributed by atoms with Crippen LogP contribution in [0, 0.1) is 0 Å². The molecule has 0 aliphatic heterocycles. The molecule has 0 heterocycles. The summed E-state index contributed by atoms with van der Waals surface area (Å²) in [5.41, 5.74) is 13.1. The van der Waals surface area contributed by atoms with Gasteiger partial charge in [-0.3, -0.25) is 4.99 Å². The summed E-state index contributed by atoms with van der Waals surface area (Å²) >= 11 is 0. The predicted molar refractivity (Wildman–Crippen MR) is 64.4 cm³/mol. The number of aliphatic imine (C=N–C) groups is 1. The van der Waals surface area contributed by atoms with Crippen LogP contribution in [0.3, 0.4) is 0 Å². The van der Waals surface area contributed by atoms with Crippen LogP contribution in [-0.4, -0.2) is 24.0 Å². The van der Waals surface area contributed by atoms with E-state index in [0.717, 1.165) is 11.4 Å². The largest absolute Gasteiger partial charge is 0.404 e. The Hall–Kier alpha value is -1.39. The van der Waals surface area contributed by atoms with Gasteiger partial charge in [0.25, 0.3) is 0 Å². The molecule has 0 unspecified atom stereocenters. The molecule has 0 atom stereocenters. The van der Waals surface area contributed by atoms with Gasteiger partial charge in [-0.15, -0.1) is 0 Å². The maximum atomic E-state index is 8.84. The van der Waals surface area contributed by atoms with Crippen LogP contribution >= 0.6 is 0 Å². The van der Waals surface area contributed by atoms with Crippen LogP contribution in [0.15, 0.2) is 40.7 Å². The van der Waals surface area contributed by atoms with E-state index in [-0.39, 0.29) is 6.61 Å². The van der Waals surface area contributed by atoms with Gasteiger partial charge in [0.2, 0.25) is 0 Å². The van der Waals surface area contributed by atoms with Gasteiger partial charge in [0, 0.05) is 18.0 Å². The third kappa shape index (κ3) is 5.83. The first kappa shape index (κ1) is 13.6. The topological polar surface area (TPSA) is 84.6 Å². The summed E-state index contributed by atoms with van der Waals surface area (Å²) < 4.78 is 0. The second kappa shape index (κ2) is 7.96. The third-order valence-electron chi connectivity index (χ3n) is 1.80. The summed E-state index contributed by atoms with van der Waals surface area (Å²) in [5.74, 6) is 0. The molecular weight excluding hydrogens is 190 g/mol. The first-order valence-corrected chi connectivity index (χ1v) is 4.78. The summed E-state index contributed by atoms with van der Waals surface area (Å²) in [4.78, 5) is 4.27. The van der Waals surface area contributed by atoms with E-state index in [1.54, 1.807) is 12.2 Å². The molecule has 84 valence electrons. The fourth-order valence-electron chi connectivity index (χ4n) is 0.880. The van der Waals surface area contributed by atoms with Gasteiger partial charge in [-0.1, -0.05) is 12.2 Å². The van der Waals surface area contributed by atoms with Crippen LogP contribution in [0.2, 0.25) is 0 Å². The maximum absolute atomic E-state index is 8.84. The van der Waals surface area contributed by atoms with Crippen molar-refractivity contribution in [3.05, 3.63) is 35.7 Å². The summed E-state index contributed by atoms with van der Waals surface area (Å²) in [6.45, 7) is 4.09. The number of aliphatic hydroxyl groups is 1. The van der Waals surface area contributed by atoms with Crippen molar-refractivity contribution in [1.82, 2.24) is 0 Å². The molecule has 0 rings (SSSR count). The molecular formula is C11H19N3O. The molecule has 0 aliphatic carbocycles. The van der Waals surface area contributed by atoms with E-state index < -0.39 is 0 Å². The lowest BCUT2D eigenvalue weighted by Gasteiger charge is -1.98. The highest BCUT2D eigenvalue weighted by molar-refractivity contribution is 5.93. The Labute approximate surface area is 90.7 Å². The molecule has 4 heteroatoms. The fraction of sp³-hybridized carbons (Fsp3) is 0.364. The van der Waals surface area contributed by atoms with Crippen molar-refractivity contribution in [2.75, 3.05) is 13.2 Å². The zero-order valence-electron chi connectivity index (χ0n) is 9.27. The van der Waals surface area contributed by atoms with Crippen LogP contribution in [-0.2, 0) is 0 Å². The van der Waals surface area contributed by atoms with Gasteiger partial charge in [-0.25, -0.2) is 0 Å². The summed E-state index contributed by atoms with van der Waals surface area (Å²) in [7, 11) is 0. The molecule has 0 amide bonds. The number of hydrogen-bond acceptors (Lipinski definition) is 4. The number of nitrogens with zero attached hydrogens (tertiary/aromatic N) is 1. The molecule has 15 heavy (non-hydrogen) atoms. The molecule has 0 radical (unpaired) electrons. The molecule has 0 aromatic heterocycles. The average Bonchev–Trinajstić information content (AvgIpc) is 2.27. The number of aliphatic hydroxyl groups excluding tert-OH is 1. The van der Waals surface area contributed by atoms with Crippen molar-refractivity contribution in [1.29, 1.82) is 0 Å². The van der Waals surface area contributed by atoms with Gasteiger partial charge >= 0.3 is 0 Å². The van der Waals surface area contributed by atoms with E-state index in [1.807, 2.05) is 19.9 Å². The van der Waals surface area contributed by atoms with Crippen molar-refractivity contribution in [2.24, 2.45) is 16.5 Å². The van der Waals surface area contributed by atoms with E-state index in [0.29, 0.717) is 12.1 Å². The lowest BCUT2D eigenvalue weighted by atomic mass is 10.2. The second-order valence-corrected chi connectivity index (χ2v) is 2.97. The number of rotatable bonds is 5. The van der Waals surface area contributed by atoms with Crippen molar-refractivity contribution >= 4 is 5.71 Å². The zero-order valence-corrected chi connectivity index (χ0v) is 9.27. The molecule has 5 N–H and O–H groups in total. The van der Waals surface area contributed by atoms with E-state index in [9.17, 15) is 0 Å². The highest BCUT2D eigenvalue weighted by atomic mass is 16.3. The van der Waals surface area contributed by atoms with Gasteiger partial charge in [-0.05, 0) is 31.7 Å². The van der Waals surface area contributed by atoms with Crippen LogP contribution in [0.25, 0.3) is 0 Å². The molecule has 0 aromatic rings. The van der Waals surface area contributed by atoms with Gasteiger partial charge < -0.3 is 16.6 Å². The highest BCUT2D eigenvalue weighted by Gasteiger charge is 1.91. The van der Waals surface area contributed by atoms with Crippen molar-refractivity contribution in [3.63, 3.8) is 0 Å². The summed E-state index contributed by atoms with van der Waals surface area (Å²) in [6.07, 6.45) is 6.74. The Kier molecular flexibility index (Phi) is 7.23. The van der Waals surface area contributed by atoms with Crippen LogP contribution in [0.4, 0.5) is 0 Å². The van der Waals surface area contributed by atoms with Gasteiger partial charge in [0.1, 0.15) is 0 Å². The molecule has 0 spiro atoms. The zero-order chi connectivity index (χ0) is 11.7. The van der Waals surface area contributed by atoms with E-state index >= 15 is 0 Å². The maximum Gasteiger partial charge on any atom is 0.0695 e. The van der Waals surface area contributed by atoms with Gasteiger partial charge in [0.15, 0.2) is 0 Å². The predicted octanol–water partition coefficient (Wildman–Crippen LogP) is 0.701. The normalized spacial score (nSPS) is 15.1. The quantitative estimate of drug-likeness (QED) is 0.460. The van der Waals surface area contributed by atoms with E-state index in [1.165, 1.54) is 6.20 Å². The Morgan fingerprint density at radius 1 is 1.40 bits per heavy atom. The van der Waals surface area contributed by atoms with E-state index in [4.69, 9.17) is 16.6 Å². The van der Waals surface area contributed by atoms with Crippen LogP contribution < -0.4 is 11.5 Å². The fourth-order valence-corrected chi connectivity index (χ4v) is 0.880. The van der Waals surface area contributed by atoms with Crippen molar-refractivity contribution in [2.45, 2.75) is 13.8 Å². The second-order valence-electron chi connectivity index (χ2n) is 2.97. The summed E-state index contributed by atoms with van der Waals surface area (Å²) in [5, 5.41) is 8.84. The van der Waals surface area contributed by atoms with Crippen LogP contribution in [0.1, 0.15) is 13.8 Å². The minimum Gasteiger partial charge on any atom is -0.404 e. The Balaban J connectivity index is 4.54. The lowest BCUT2D eigenvalue weighted by molar-refractivity contribution is 0.334. The average molecular weight is 209 g/mol. The Bertz CT molecular complexity index is 301. The third-order valence-corrected chi connectivity index (χ3v) is 1.80. The number of allylic oxidation sites excluding steroid dienone is 2. The van der Waals surface area contributed by atoms with Gasteiger partial charge in [0.05, 0.1) is 6.61 Å². The smallest absolute Gasteiger partial charge is 0.0695 e. The monoisotopic (exact) mass is 209 g/mol. The molecule has 4 nitrogen and oxygen atoms in total. The Morgan fingerprint density at radius 3 is 2.47 bits per heavy atom. The molecule has 0 fully saturated rings.